The monoisotopic (exact) mass is 291 g/mol. The van der Waals surface area contributed by atoms with Crippen molar-refractivity contribution in [2.24, 2.45) is 0 Å². The number of hydrogen-bond acceptors (Lipinski definition) is 2. The second-order valence-electron chi connectivity index (χ2n) is 4.10. The van der Waals surface area contributed by atoms with Crippen molar-refractivity contribution >= 4 is 23.3 Å². The molecule has 20 heavy (non-hydrogen) atoms. The molecule has 2 rings (SSSR count). The van der Waals surface area contributed by atoms with E-state index in [1.54, 1.807) is 30.3 Å². The Kier molecular flexibility index (Phi) is 4.48. The van der Waals surface area contributed by atoms with Gasteiger partial charge >= 0.3 is 0 Å². The Balaban J connectivity index is 2.02. The van der Waals surface area contributed by atoms with Gasteiger partial charge in [0.2, 0.25) is 0 Å². The van der Waals surface area contributed by atoms with E-state index in [9.17, 15) is 14.0 Å². The summed E-state index contributed by atoms with van der Waals surface area (Å²) in [6.07, 6.45) is 0. The quantitative estimate of drug-likeness (QED) is 0.880. The van der Waals surface area contributed by atoms with E-state index in [1.807, 2.05) is 0 Å². The molecule has 0 aliphatic rings. The molecule has 0 unspecified atom stereocenters. The first-order chi connectivity index (χ1) is 9.58. The largest absolute Gasteiger partial charge is 0.344 e. The zero-order valence-electron chi connectivity index (χ0n) is 10.4. The first kappa shape index (κ1) is 14.2. The molecule has 0 heterocycles. The molecule has 2 aromatic carbocycles. The Labute approximate surface area is 120 Å². The predicted octanol–water partition coefficient (Wildman–Crippen LogP) is 3.09. The van der Waals surface area contributed by atoms with Gasteiger partial charge in [0, 0.05) is 10.6 Å². The molecule has 0 aliphatic heterocycles. The molecule has 3 nitrogen and oxygen atoms in total. The molecule has 0 radical (unpaired) electrons. The van der Waals surface area contributed by atoms with E-state index < -0.39 is 11.7 Å². The van der Waals surface area contributed by atoms with Gasteiger partial charge in [0.15, 0.2) is 5.78 Å². The van der Waals surface area contributed by atoms with Crippen LogP contribution >= 0.6 is 11.6 Å². The topological polar surface area (TPSA) is 46.2 Å². The number of carbonyl (C=O) groups excluding carboxylic acids is 2. The minimum atomic E-state index is -0.681. The number of halogens is 2. The fraction of sp³-hybridized carbons (Fsp3) is 0.0667. The maximum atomic E-state index is 13.5. The lowest BCUT2D eigenvalue weighted by Gasteiger charge is -2.06. The molecule has 2 aromatic rings. The third-order valence-corrected chi connectivity index (χ3v) is 2.91. The van der Waals surface area contributed by atoms with Gasteiger partial charge < -0.3 is 5.32 Å². The number of rotatable bonds is 4. The average molecular weight is 292 g/mol. The molecule has 0 saturated carbocycles. The Bertz CT molecular complexity index is 644. The third-order valence-electron chi connectivity index (χ3n) is 2.68. The minimum absolute atomic E-state index is 0.182. The van der Waals surface area contributed by atoms with Crippen LogP contribution in [0.5, 0.6) is 0 Å². The molecule has 0 spiro atoms. The molecule has 0 fully saturated rings. The summed E-state index contributed by atoms with van der Waals surface area (Å²) in [5.74, 6) is -1.60. The van der Waals surface area contributed by atoms with Crippen molar-refractivity contribution in [1.82, 2.24) is 5.32 Å². The van der Waals surface area contributed by atoms with Gasteiger partial charge in [0.25, 0.3) is 5.91 Å². The summed E-state index contributed by atoms with van der Waals surface area (Å²) < 4.78 is 13.5. The van der Waals surface area contributed by atoms with Crippen LogP contribution in [-0.4, -0.2) is 18.2 Å². The Hall–Kier alpha value is -2.20. The third kappa shape index (κ3) is 3.42. The molecular formula is C15H11ClFNO2. The second-order valence-corrected chi connectivity index (χ2v) is 4.53. The van der Waals surface area contributed by atoms with Gasteiger partial charge in [-0.2, -0.15) is 0 Å². The van der Waals surface area contributed by atoms with Gasteiger partial charge in [-0.3, -0.25) is 9.59 Å². The Morgan fingerprint density at radius 2 is 1.80 bits per heavy atom. The molecule has 5 heteroatoms. The number of hydrogen-bond donors (Lipinski definition) is 1. The summed E-state index contributed by atoms with van der Waals surface area (Å²) in [5.41, 5.74) is 0.303. The second kappa shape index (κ2) is 6.30. The van der Waals surface area contributed by atoms with E-state index >= 15 is 0 Å². The number of nitrogens with one attached hydrogen (secondary N) is 1. The van der Waals surface area contributed by atoms with Crippen LogP contribution < -0.4 is 5.32 Å². The van der Waals surface area contributed by atoms with Gasteiger partial charge in [-0.25, -0.2) is 4.39 Å². The van der Waals surface area contributed by atoms with Gasteiger partial charge in [-0.05, 0) is 18.2 Å². The molecule has 1 amide bonds. The van der Waals surface area contributed by atoms with Gasteiger partial charge in [0.1, 0.15) is 5.82 Å². The highest BCUT2D eigenvalue weighted by Gasteiger charge is 2.13. The van der Waals surface area contributed by atoms with Crippen LogP contribution in [0.15, 0.2) is 48.5 Å². The zero-order chi connectivity index (χ0) is 14.5. The smallest absolute Gasteiger partial charge is 0.254 e. The summed E-state index contributed by atoms with van der Waals surface area (Å²) in [4.78, 5) is 23.6. The molecule has 0 aromatic heterocycles. The molecular weight excluding hydrogens is 281 g/mol. The summed E-state index contributed by atoms with van der Waals surface area (Å²) in [7, 11) is 0. The van der Waals surface area contributed by atoms with Crippen LogP contribution in [-0.2, 0) is 0 Å². The molecule has 0 aliphatic carbocycles. The van der Waals surface area contributed by atoms with Crippen molar-refractivity contribution in [2.75, 3.05) is 6.54 Å². The summed E-state index contributed by atoms with van der Waals surface area (Å²) in [6.45, 7) is -0.200. The van der Waals surface area contributed by atoms with Crippen molar-refractivity contribution < 1.29 is 14.0 Å². The summed E-state index contributed by atoms with van der Waals surface area (Å²) >= 11 is 5.71. The number of carbonyl (C=O) groups is 2. The fourth-order valence-electron chi connectivity index (χ4n) is 1.65. The van der Waals surface area contributed by atoms with E-state index in [2.05, 4.69) is 5.32 Å². The van der Waals surface area contributed by atoms with Crippen molar-refractivity contribution in [3.8, 4) is 0 Å². The van der Waals surface area contributed by atoms with E-state index in [0.29, 0.717) is 5.56 Å². The lowest BCUT2D eigenvalue weighted by atomic mass is 10.1. The summed E-state index contributed by atoms with van der Waals surface area (Å²) in [6, 6.07) is 12.2. The van der Waals surface area contributed by atoms with Gasteiger partial charge in [-0.1, -0.05) is 41.9 Å². The van der Waals surface area contributed by atoms with Gasteiger partial charge in [0.05, 0.1) is 12.1 Å². The van der Waals surface area contributed by atoms with Crippen LogP contribution in [0.1, 0.15) is 20.7 Å². The van der Waals surface area contributed by atoms with Crippen LogP contribution in [0.25, 0.3) is 0 Å². The maximum Gasteiger partial charge on any atom is 0.254 e. The molecule has 0 bridgehead atoms. The van der Waals surface area contributed by atoms with Crippen LogP contribution in [0, 0.1) is 5.82 Å². The molecule has 102 valence electrons. The van der Waals surface area contributed by atoms with E-state index in [-0.39, 0.29) is 22.9 Å². The number of ketones is 1. The Morgan fingerprint density at radius 3 is 2.50 bits per heavy atom. The summed E-state index contributed by atoms with van der Waals surface area (Å²) in [5, 5.41) is 2.63. The first-order valence-corrected chi connectivity index (χ1v) is 6.27. The van der Waals surface area contributed by atoms with Crippen molar-refractivity contribution in [2.45, 2.75) is 0 Å². The van der Waals surface area contributed by atoms with Crippen molar-refractivity contribution in [1.29, 1.82) is 0 Å². The highest BCUT2D eigenvalue weighted by molar-refractivity contribution is 6.31. The Morgan fingerprint density at radius 1 is 1.10 bits per heavy atom. The normalized spacial score (nSPS) is 10.1. The minimum Gasteiger partial charge on any atom is -0.344 e. The maximum absolute atomic E-state index is 13.5. The van der Waals surface area contributed by atoms with E-state index in [4.69, 9.17) is 11.6 Å². The fourth-order valence-corrected chi connectivity index (χ4v) is 1.83. The first-order valence-electron chi connectivity index (χ1n) is 5.89. The predicted molar refractivity (Wildman–Crippen MR) is 74.5 cm³/mol. The number of Topliss-reactive ketones (excluding diaryl/α,β-unsaturated/α-hetero) is 1. The molecule has 0 saturated heterocycles. The SMILES string of the molecule is O=C(CNC(=O)c1cc(Cl)ccc1F)c1ccccc1. The lowest BCUT2D eigenvalue weighted by Crippen LogP contribution is -2.30. The average Bonchev–Trinajstić information content (AvgIpc) is 2.47. The van der Waals surface area contributed by atoms with Gasteiger partial charge in [-0.15, -0.1) is 0 Å². The van der Waals surface area contributed by atoms with E-state index in [1.165, 1.54) is 12.1 Å². The number of benzene rings is 2. The highest BCUT2D eigenvalue weighted by atomic mass is 35.5. The van der Waals surface area contributed by atoms with Crippen LogP contribution in [0.4, 0.5) is 4.39 Å². The lowest BCUT2D eigenvalue weighted by molar-refractivity contribution is 0.0901. The van der Waals surface area contributed by atoms with E-state index in [0.717, 1.165) is 6.07 Å². The van der Waals surface area contributed by atoms with Crippen molar-refractivity contribution in [3.05, 3.63) is 70.5 Å². The van der Waals surface area contributed by atoms with Crippen molar-refractivity contribution in [3.63, 3.8) is 0 Å². The van der Waals surface area contributed by atoms with Crippen LogP contribution in [0.2, 0.25) is 5.02 Å². The van der Waals surface area contributed by atoms with Crippen LogP contribution in [0.3, 0.4) is 0 Å². The molecule has 0 atom stereocenters. The number of amides is 1. The highest BCUT2D eigenvalue weighted by Crippen LogP contribution is 2.14. The zero-order valence-corrected chi connectivity index (χ0v) is 11.2. The standard InChI is InChI=1S/C15H11ClFNO2/c16-11-6-7-13(17)12(8-11)15(20)18-9-14(19)10-4-2-1-3-5-10/h1-8H,9H2,(H,18,20). The molecule has 1 N–H and O–H groups in total.